The molecular weight excluding hydrogens is 396 g/mol. The molecule has 1 aliphatic heterocycles. The van der Waals surface area contributed by atoms with Gasteiger partial charge in [-0.3, -0.25) is 4.68 Å². The molecule has 2 aliphatic rings. The SMILES string of the molecule is COC(=O)c1ccc(N2CCC(N(C(=O)OC(C)(C)C)C3CC3)CC2)c2cn(C)nc12. The standard InChI is InChI=1S/C23H32N4O4/c1-23(2,3)31-22(29)27(15-6-7-15)16-10-12-26(13-11-16)19-9-8-17(21(28)30-5)20-18(19)14-25(4)24-20/h8-9,14-16H,6-7,10-13H2,1-5H3. The van der Waals surface area contributed by atoms with Gasteiger partial charge in [-0.1, -0.05) is 0 Å². The van der Waals surface area contributed by atoms with Crippen LogP contribution in [-0.2, 0) is 16.5 Å². The van der Waals surface area contributed by atoms with E-state index in [4.69, 9.17) is 9.47 Å². The lowest BCUT2D eigenvalue weighted by atomic mass is 10.0. The number of rotatable bonds is 4. The average Bonchev–Trinajstić information content (AvgIpc) is 3.45. The third-order valence-electron chi connectivity index (χ3n) is 5.92. The number of benzene rings is 1. The van der Waals surface area contributed by atoms with E-state index in [2.05, 4.69) is 10.00 Å². The van der Waals surface area contributed by atoms with Crippen LogP contribution in [0.15, 0.2) is 18.3 Å². The molecule has 0 bridgehead atoms. The first-order valence-electron chi connectivity index (χ1n) is 11.0. The van der Waals surface area contributed by atoms with Gasteiger partial charge in [0, 0.05) is 49.5 Å². The summed E-state index contributed by atoms with van der Waals surface area (Å²) in [6, 6.07) is 4.27. The summed E-state index contributed by atoms with van der Waals surface area (Å²) in [5.74, 6) is -0.383. The van der Waals surface area contributed by atoms with Crippen LogP contribution in [0.2, 0.25) is 0 Å². The van der Waals surface area contributed by atoms with Crippen LogP contribution < -0.4 is 4.90 Å². The van der Waals surface area contributed by atoms with E-state index in [1.165, 1.54) is 7.11 Å². The zero-order valence-corrected chi connectivity index (χ0v) is 19.1. The van der Waals surface area contributed by atoms with Crippen LogP contribution in [0.4, 0.5) is 10.5 Å². The molecule has 1 aromatic heterocycles. The molecule has 1 saturated carbocycles. The minimum atomic E-state index is -0.488. The van der Waals surface area contributed by atoms with Crippen LogP contribution >= 0.6 is 0 Å². The molecule has 8 heteroatoms. The lowest BCUT2D eigenvalue weighted by molar-refractivity contribution is 0.0113. The Morgan fingerprint density at radius 3 is 2.32 bits per heavy atom. The number of anilines is 1. The highest BCUT2D eigenvalue weighted by Gasteiger charge is 2.40. The van der Waals surface area contributed by atoms with Crippen LogP contribution in [0, 0.1) is 0 Å². The zero-order valence-electron chi connectivity index (χ0n) is 19.1. The first kappa shape index (κ1) is 21.5. The number of aryl methyl sites for hydroxylation is 1. The van der Waals surface area contributed by atoms with Crippen molar-refractivity contribution in [2.45, 2.75) is 64.1 Å². The van der Waals surface area contributed by atoms with Gasteiger partial charge in [0.25, 0.3) is 0 Å². The van der Waals surface area contributed by atoms with Crippen LogP contribution in [0.1, 0.15) is 56.8 Å². The number of carbonyl (C=O) groups is 2. The number of amides is 1. The Labute approximate surface area is 183 Å². The van der Waals surface area contributed by atoms with Crippen LogP contribution in [-0.4, -0.2) is 64.6 Å². The van der Waals surface area contributed by atoms with E-state index in [1.54, 1.807) is 10.7 Å². The second-order valence-electron chi connectivity index (χ2n) is 9.53. The fourth-order valence-electron chi connectivity index (χ4n) is 4.40. The number of aromatic nitrogens is 2. The van der Waals surface area contributed by atoms with E-state index in [0.29, 0.717) is 17.1 Å². The van der Waals surface area contributed by atoms with Gasteiger partial charge in [0.2, 0.25) is 0 Å². The van der Waals surface area contributed by atoms with Gasteiger partial charge in [-0.25, -0.2) is 9.59 Å². The summed E-state index contributed by atoms with van der Waals surface area (Å²) in [6.45, 7) is 7.40. The molecule has 1 aliphatic carbocycles. The van der Waals surface area contributed by atoms with E-state index in [0.717, 1.165) is 49.8 Å². The average molecular weight is 429 g/mol. The first-order chi connectivity index (χ1) is 14.7. The Balaban J connectivity index is 1.52. The number of fused-ring (bicyclic) bond motifs is 1. The molecule has 31 heavy (non-hydrogen) atoms. The van der Waals surface area contributed by atoms with Crippen molar-refractivity contribution in [3.63, 3.8) is 0 Å². The molecule has 0 spiro atoms. The molecule has 0 radical (unpaired) electrons. The number of nitrogens with zero attached hydrogens (tertiary/aromatic N) is 4. The lowest BCUT2D eigenvalue weighted by Crippen LogP contribution is -2.50. The molecule has 8 nitrogen and oxygen atoms in total. The van der Waals surface area contributed by atoms with Crippen molar-refractivity contribution in [1.29, 1.82) is 0 Å². The normalized spacial score (nSPS) is 17.6. The van der Waals surface area contributed by atoms with Crippen molar-refractivity contribution in [3.8, 4) is 0 Å². The summed E-state index contributed by atoms with van der Waals surface area (Å²) in [5.41, 5.74) is 1.70. The number of carbonyl (C=O) groups excluding carboxylic acids is 2. The molecule has 2 aromatic rings. The molecule has 1 aromatic carbocycles. The molecule has 168 valence electrons. The molecule has 0 N–H and O–H groups in total. The Morgan fingerprint density at radius 2 is 1.74 bits per heavy atom. The smallest absolute Gasteiger partial charge is 0.410 e. The Bertz CT molecular complexity index is 981. The largest absolute Gasteiger partial charge is 0.465 e. The number of esters is 1. The molecule has 4 rings (SSSR count). The summed E-state index contributed by atoms with van der Waals surface area (Å²) < 4.78 is 12.3. The third-order valence-corrected chi connectivity index (χ3v) is 5.92. The predicted molar refractivity (Wildman–Crippen MR) is 118 cm³/mol. The van der Waals surface area contributed by atoms with Crippen molar-refractivity contribution in [3.05, 3.63) is 23.9 Å². The Morgan fingerprint density at radius 1 is 1.10 bits per heavy atom. The number of methoxy groups -OCH3 is 1. The predicted octanol–water partition coefficient (Wildman–Crippen LogP) is 3.73. The van der Waals surface area contributed by atoms with E-state index in [1.807, 2.05) is 45.0 Å². The highest BCUT2D eigenvalue weighted by molar-refractivity contribution is 6.06. The summed E-state index contributed by atoms with van der Waals surface area (Å²) in [5, 5.41) is 5.43. The van der Waals surface area contributed by atoms with Crippen LogP contribution in [0.3, 0.4) is 0 Å². The zero-order chi connectivity index (χ0) is 22.3. The fourth-order valence-corrected chi connectivity index (χ4v) is 4.40. The number of hydrogen-bond acceptors (Lipinski definition) is 6. The summed E-state index contributed by atoms with van der Waals surface area (Å²) in [4.78, 5) is 29.3. The van der Waals surface area contributed by atoms with Gasteiger partial charge >= 0.3 is 12.1 Å². The maximum Gasteiger partial charge on any atom is 0.410 e. The highest BCUT2D eigenvalue weighted by Crippen LogP contribution is 2.36. The van der Waals surface area contributed by atoms with Crippen LogP contribution in [0.25, 0.3) is 10.9 Å². The molecule has 2 fully saturated rings. The van der Waals surface area contributed by atoms with E-state index in [9.17, 15) is 9.59 Å². The van der Waals surface area contributed by atoms with Crippen molar-refractivity contribution in [2.75, 3.05) is 25.1 Å². The fraction of sp³-hybridized carbons (Fsp3) is 0.609. The monoisotopic (exact) mass is 428 g/mol. The molecule has 0 atom stereocenters. The Hall–Kier alpha value is -2.77. The van der Waals surface area contributed by atoms with Gasteiger partial charge < -0.3 is 19.3 Å². The van der Waals surface area contributed by atoms with Crippen molar-refractivity contribution in [2.24, 2.45) is 7.05 Å². The van der Waals surface area contributed by atoms with Crippen LogP contribution in [0.5, 0.6) is 0 Å². The summed E-state index contributed by atoms with van der Waals surface area (Å²) in [7, 11) is 3.23. The van der Waals surface area contributed by atoms with E-state index < -0.39 is 5.60 Å². The van der Waals surface area contributed by atoms with Gasteiger partial charge in [0.05, 0.1) is 12.7 Å². The van der Waals surface area contributed by atoms with E-state index >= 15 is 0 Å². The van der Waals surface area contributed by atoms with Crippen molar-refractivity contribution < 1.29 is 19.1 Å². The van der Waals surface area contributed by atoms with Crippen molar-refractivity contribution >= 4 is 28.7 Å². The second-order valence-corrected chi connectivity index (χ2v) is 9.53. The lowest BCUT2D eigenvalue weighted by Gasteiger charge is -2.40. The number of hydrogen-bond donors (Lipinski definition) is 0. The molecule has 1 amide bonds. The van der Waals surface area contributed by atoms with Gasteiger partial charge in [0.1, 0.15) is 11.1 Å². The van der Waals surface area contributed by atoms with Gasteiger partial charge in [0.15, 0.2) is 0 Å². The second kappa shape index (κ2) is 8.05. The first-order valence-corrected chi connectivity index (χ1v) is 11.0. The van der Waals surface area contributed by atoms with Gasteiger partial charge in [-0.15, -0.1) is 0 Å². The third kappa shape index (κ3) is 4.48. The quantitative estimate of drug-likeness (QED) is 0.691. The minimum absolute atomic E-state index is 0.189. The molecule has 0 unspecified atom stereocenters. The topological polar surface area (TPSA) is 76.9 Å². The maximum atomic E-state index is 12.8. The van der Waals surface area contributed by atoms with Gasteiger partial charge in [-0.2, -0.15) is 5.10 Å². The molecule has 1 saturated heterocycles. The summed E-state index contributed by atoms with van der Waals surface area (Å²) >= 11 is 0. The summed E-state index contributed by atoms with van der Waals surface area (Å²) in [6.07, 6.45) is 5.65. The minimum Gasteiger partial charge on any atom is -0.465 e. The highest BCUT2D eigenvalue weighted by atomic mass is 16.6. The molecule has 2 heterocycles. The van der Waals surface area contributed by atoms with E-state index in [-0.39, 0.29) is 18.1 Å². The Kier molecular flexibility index (Phi) is 5.58. The van der Waals surface area contributed by atoms with Gasteiger partial charge in [-0.05, 0) is 58.6 Å². The maximum absolute atomic E-state index is 12.8. The molecular formula is C23H32N4O4. The number of piperidine rings is 1. The van der Waals surface area contributed by atoms with Crippen molar-refractivity contribution in [1.82, 2.24) is 14.7 Å². The number of ether oxygens (including phenoxy) is 2.